The van der Waals surface area contributed by atoms with E-state index in [-0.39, 0.29) is 23.7 Å². The van der Waals surface area contributed by atoms with Gasteiger partial charge in [0.2, 0.25) is 5.91 Å². The molecule has 0 aromatic heterocycles. The van der Waals surface area contributed by atoms with E-state index in [1.807, 2.05) is 0 Å². The van der Waals surface area contributed by atoms with E-state index < -0.39 is 12.0 Å². The molecule has 3 N–H and O–H groups in total. The van der Waals surface area contributed by atoms with Crippen LogP contribution in [0.3, 0.4) is 0 Å². The van der Waals surface area contributed by atoms with Crippen molar-refractivity contribution in [2.24, 2.45) is 11.1 Å². The highest BCUT2D eigenvalue weighted by Gasteiger charge is 2.33. The van der Waals surface area contributed by atoms with Crippen molar-refractivity contribution in [2.45, 2.75) is 51.5 Å². The van der Waals surface area contributed by atoms with Gasteiger partial charge in [-0.2, -0.15) is 0 Å². The normalized spacial score (nSPS) is 18.9. The molecule has 1 atom stereocenters. The predicted octanol–water partition coefficient (Wildman–Crippen LogP) is 1.39. The average molecular weight is 293 g/mol. The summed E-state index contributed by atoms with van der Waals surface area (Å²) in [6.07, 6.45) is 5.91. The maximum absolute atomic E-state index is 11.9. The fourth-order valence-electron chi connectivity index (χ4n) is 2.62. The number of ether oxygens (including phenoxy) is 1. The van der Waals surface area contributed by atoms with E-state index in [0.717, 1.165) is 25.7 Å². The van der Waals surface area contributed by atoms with Crippen molar-refractivity contribution in [3.05, 3.63) is 0 Å². The monoisotopic (exact) mass is 292 g/mol. The molecule has 1 fully saturated rings. The topological polar surface area (TPSA) is 81.4 Å². The van der Waals surface area contributed by atoms with Crippen LogP contribution in [0.2, 0.25) is 0 Å². The molecule has 1 amide bonds. The minimum Gasteiger partial charge on any atom is -0.467 e. The van der Waals surface area contributed by atoms with Crippen molar-refractivity contribution in [1.29, 1.82) is 0 Å². The molecule has 0 aliphatic heterocycles. The first-order valence-corrected chi connectivity index (χ1v) is 6.60. The quantitative estimate of drug-likeness (QED) is 0.750. The molecule has 0 radical (unpaired) electrons. The zero-order valence-electron chi connectivity index (χ0n) is 11.7. The number of rotatable bonds is 5. The molecule has 1 rings (SSSR count). The van der Waals surface area contributed by atoms with Gasteiger partial charge in [0.1, 0.15) is 6.04 Å². The van der Waals surface area contributed by atoms with Crippen molar-refractivity contribution in [2.75, 3.05) is 13.7 Å². The summed E-state index contributed by atoms with van der Waals surface area (Å²) >= 11 is 0. The van der Waals surface area contributed by atoms with E-state index >= 15 is 0 Å². The Morgan fingerprint density at radius 2 is 1.89 bits per heavy atom. The fourth-order valence-corrected chi connectivity index (χ4v) is 2.62. The summed E-state index contributed by atoms with van der Waals surface area (Å²) in [6.45, 7) is 2.16. The van der Waals surface area contributed by atoms with Gasteiger partial charge in [-0.25, -0.2) is 4.79 Å². The molecule has 0 aromatic rings. The van der Waals surface area contributed by atoms with Crippen LogP contribution >= 0.6 is 12.4 Å². The Labute approximate surface area is 121 Å². The molecule has 0 spiro atoms. The maximum atomic E-state index is 11.9. The van der Waals surface area contributed by atoms with Crippen LogP contribution in [0.4, 0.5) is 0 Å². The van der Waals surface area contributed by atoms with Crippen molar-refractivity contribution in [3.8, 4) is 0 Å². The Hall–Kier alpha value is -0.810. The molecule has 0 saturated heterocycles. The van der Waals surface area contributed by atoms with Gasteiger partial charge in [0, 0.05) is 6.42 Å². The van der Waals surface area contributed by atoms with Gasteiger partial charge in [0.15, 0.2) is 0 Å². The minimum atomic E-state index is -0.596. The number of esters is 1. The molecule has 112 valence electrons. The summed E-state index contributed by atoms with van der Waals surface area (Å²) in [5.41, 5.74) is 5.76. The van der Waals surface area contributed by atoms with Crippen LogP contribution in [-0.4, -0.2) is 31.6 Å². The highest BCUT2D eigenvalue weighted by Crippen LogP contribution is 2.38. The molecule has 1 aliphatic rings. The number of carbonyl (C=O) groups excluding carboxylic acids is 2. The molecule has 1 aliphatic carbocycles. The molecule has 1 saturated carbocycles. The lowest BCUT2D eigenvalue weighted by molar-refractivity contribution is -0.144. The van der Waals surface area contributed by atoms with Crippen LogP contribution in [0, 0.1) is 5.41 Å². The smallest absolute Gasteiger partial charge is 0.328 e. The highest BCUT2D eigenvalue weighted by molar-refractivity contribution is 5.85. The maximum Gasteiger partial charge on any atom is 0.328 e. The predicted molar refractivity (Wildman–Crippen MR) is 76.1 cm³/mol. The van der Waals surface area contributed by atoms with Gasteiger partial charge in [-0.1, -0.05) is 19.3 Å². The molecule has 5 nitrogen and oxygen atoms in total. The number of amides is 1. The number of nitrogens with two attached hydrogens (primary N) is 1. The van der Waals surface area contributed by atoms with E-state index in [0.29, 0.717) is 13.0 Å². The average Bonchev–Trinajstić information content (AvgIpc) is 2.38. The SMILES string of the molecule is COC(=O)C(C)NC(=O)CC1(CN)CCCCC1.Cl. The van der Waals surface area contributed by atoms with Crippen molar-refractivity contribution in [3.63, 3.8) is 0 Å². The molecule has 6 heteroatoms. The van der Waals surface area contributed by atoms with Gasteiger partial charge in [-0.15, -0.1) is 12.4 Å². The summed E-state index contributed by atoms with van der Waals surface area (Å²) in [4.78, 5) is 23.2. The highest BCUT2D eigenvalue weighted by atomic mass is 35.5. The van der Waals surface area contributed by atoms with Crippen LogP contribution in [-0.2, 0) is 14.3 Å². The largest absolute Gasteiger partial charge is 0.467 e. The fraction of sp³-hybridized carbons (Fsp3) is 0.846. The van der Waals surface area contributed by atoms with Gasteiger partial charge in [-0.3, -0.25) is 4.79 Å². The standard InChI is InChI=1S/C13H24N2O3.ClH/c1-10(12(17)18-2)15-11(16)8-13(9-14)6-4-3-5-7-13;/h10H,3-9,14H2,1-2H3,(H,15,16);1H. The Balaban J connectivity index is 0.00000324. The van der Waals surface area contributed by atoms with E-state index in [4.69, 9.17) is 5.73 Å². The Kier molecular flexibility index (Phi) is 8.02. The van der Waals surface area contributed by atoms with Gasteiger partial charge in [0.05, 0.1) is 7.11 Å². The summed E-state index contributed by atoms with van der Waals surface area (Å²) in [7, 11) is 1.31. The molecule has 19 heavy (non-hydrogen) atoms. The number of hydrogen-bond donors (Lipinski definition) is 2. The van der Waals surface area contributed by atoms with Gasteiger partial charge in [0.25, 0.3) is 0 Å². The molecule has 0 heterocycles. The third-order valence-corrected chi connectivity index (χ3v) is 3.82. The van der Waals surface area contributed by atoms with Crippen LogP contribution in [0.1, 0.15) is 45.4 Å². The van der Waals surface area contributed by atoms with Crippen molar-refractivity contribution in [1.82, 2.24) is 5.32 Å². The van der Waals surface area contributed by atoms with Crippen molar-refractivity contribution >= 4 is 24.3 Å². The Bertz CT molecular complexity index is 304. The second-order valence-electron chi connectivity index (χ2n) is 5.25. The van der Waals surface area contributed by atoms with Crippen LogP contribution in [0.5, 0.6) is 0 Å². The number of halogens is 1. The third kappa shape index (κ3) is 5.37. The minimum absolute atomic E-state index is 0. The first-order chi connectivity index (χ1) is 8.53. The second-order valence-corrected chi connectivity index (χ2v) is 5.25. The first kappa shape index (κ1) is 18.2. The summed E-state index contributed by atoms with van der Waals surface area (Å²) in [6, 6.07) is -0.596. The van der Waals surface area contributed by atoms with E-state index in [1.54, 1.807) is 6.92 Å². The van der Waals surface area contributed by atoms with Gasteiger partial charge >= 0.3 is 5.97 Å². The van der Waals surface area contributed by atoms with Crippen LogP contribution < -0.4 is 11.1 Å². The Morgan fingerprint density at radius 1 is 1.32 bits per heavy atom. The molecular weight excluding hydrogens is 268 g/mol. The number of carbonyl (C=O) groups is 2. The third-order valence-electron chi connectivity index (χ3n) is 3.82. The number of nitrogens with one attached hydrogen (secondary N) is 1. The number of methoxy groups -OCH3 is 1. The molecule has 0 aromatic carbocycles. The molecule has 0 bridgehead atoms. The zero-order chi connectivity index (χ0) is 13.6. The lowest BCUT2D eigenvalue weighted by atomic mass is 9.71. The van der Waals surface area contributed by atoms with E-state index in [1.165, 1.54) is 13.5 Å². The van der Waals surface area contributed by atoms with E-state index in [2.05, 4.69) is 10.1 Å². The van der Waals surface area contributed by atoms with Crippen LogP contribution in [0.15, 0.2) is 0 Å². The molecular formula is C13H25ClN2O3. The van der Waals surface area contributed by atoms with Crippen molar-refractivity contribution < 1.29 is 14.3 Å². The van der Waals surface area contributed by atoms with Gasteiger partial charge < -0.3 is 15.8 Å². The number of hydrogen-bond acceptors (Lipinski definition) is 4. The lowest BCUT2D eigenvalue weighted by Crippen LogP contribution is -2.43. The Morgan fingerprint density at radius 3 is 2.37 bits per heavy atom. The summed E-state index contributed by atoms with van der Waals surface area (Å²) in [5, 5.41) is 2.67. The summed E-state index contributed by atoms with van der Waals surface area (Å²) in [5.74, 6) is -0.533. The lowest BCUT2D eigenvalue weighted by Gasteiger charge is -2.35. The van der Waals surface area contributed by atoms with E-state index in [9.17, 15) is 9.59 Å². The second kappa shape index (κ2) is 8.38. The molecule has 1 unspecified atom stereocenters. The summed E-state index contributed by atoms with van der Waals surface area (Å²) < 4.78 is 4.58. The first-order valence-electron chi connectivity index (χ1n) is 6.60. The van der Waals surface area contributed by atoms with Crippen LogP contribution in [0.25, 0.3) is 0 Å². The zero-order valence-corrected chi connectivity index (χ0v) is 12.6. The van der Waals surface area contributed by atoms with Gasteiger partial charge in [-0.05, 0) is 31.7 Å².